The van der Waals surface area contributed by atoms with Gasteiger partial charge in [0.25, 0.3) is 0 Å². The third-order valence-corrected chi connectivity index (χ3v) is 2.47. The summed E-state index contributed by atoms with van der Waals surface area (Å²) in [6.45, 7) is 1.92. The lowest BCUT2D eigenvalue weighted by atomic mass is 9.92. The van der Waals surface area contributed by atoms with Gasteiger partial charge in [0.2, 0.25) is 0 Å². The second kappa shape index (κ2) is 5.46. The highest BCUT2D eigenvalue weighted by molar-refractivity contribution is 5.73. The molecular weight excluding hydrogens is 192 g/mol. The van der Waals surface area contributed by atoms with Crippen molar-refractivity contribution in [2.75, 3.05) is 7.11 Å². The molecule has 0 spiro atoms. The van der Waals surface area contributed by atoms with Crippen molar-refractivity contribution in [1.82, 2.24) is 4.98 Å². The standard InChI is InChI=1S/C11H16N2O2/c1-3-9(11(14)15-2)10(12)8-4-6-13-7-5-8/h4-7,9-10H,3,12H2,1-2H3. The molecule has 0 saturated carbocycles. The topological polar surface area (TPSA) is 65.2 Å². The van der Waals surface area contributed by atoms with Crippen molar-refractivity contribution in [1.29, 1.82) is 0 Å². The molecule has 1 heterocycles. The van der Waals surface area contributed by atoms with E-state index in [1.165, 1.54) is 7.11 Å². The zero-order valence-corrected chi connectivity index (χ0v) is 9.01. The van der Waals surface area contributed by atoms with E-state index in [9.17, 15) is 4.79 Å². The molecule has 2 unspecified atom stereocenters. The van der Waals surface area contributed by atoms with Crippen LogP contribution in [0, 0.1) is 5.92 Å². The largest absolute Gasteiger partial charge is 0.469 e. The highest BCUT2D eigenvalue weighted by atomic mass is 16.5. The minimum atomic E-state index is -0.328. The van der Waals surface area contributed by atoms with Gasteiger partial charge in [-0.15, -0.1) is 0 Å². The van der Waals surface area contributed by atoms with Gasteiger partial charge in [0.15, 0.2) is 0 Å². The number of esters is 1. The van der Waals surface area contributed by atoms with Gasteiger partial charge in [-0.3, -0.25) is 9.78 Å². The molecule has 1 aromatic rings. The first-order chi connectivity index (χ1) is 7.20. The van der Waals surface area contributed by atoms with Crippen LogP contribution < -0.4 is 5.73 Å². The Labute approximate surface area is 89.5 Å². The van der Waals surface area contributed by atoms with Crippen LogP contribution in [0.5, 0.6) is 0 Å². The van der Waals surface area contributed by atoms with Gasteiger partial charge in [0.05, 0.1) is 13.0 Å². The Balaban J connectivity index is 2.82. The van der Waals surface area contributed by atoms with E-state index in [1.807, 2.05) is 19.1 Å². The quantitative estimate of drug-likeness (QED) is 0.757. The first kappa shape index (κ1) is 11.7. The Bertz CT molecular complexity index is 314. The lowest BCUT2D eigenvalue weighted by Gasteiger charge is -2.20. The second-order valence-corrected chi connectivity index (χ2v) is 3.34. The van der Waals surface area contributed by atoms with Gasteiger partial charge >= 0.3 is 5.97 Å². The van der Waals surface area contributed by atoms with Crippen LogP contribution in [0.1, 0.15) is 24.9 Å². The van der Waals surface area contributed by atoms with Crippen molar-refractivity contribution in [3.05, 3.63) is 30.1 Å². The molecular formula is C11H16N2O2. The molecule has 1 aromatic heterocycles. The zero-order chi connectivity index (χ0) is 11.3. The van der Waals surface area contributed by atoms with Gasteiger partial charge in [-0.2, -0.15) is 0 Å². The Morgan fingerprint density at radius 1 is 1.53 bits per heavy atom. The maximum Gasteiger partial charge on any atom is 0.310 e. The lowest BCUT2D eigenvalue weighted by Crippen LogP contribution is -2.28. The minimum Gasteiger partial charge on any atom is -0.469 e. The Morgan fingerprint density at radius 3 is 2.60 bits per heavy atom. The summed E-state index contributed by atoms with van der Waals surface area (Å²) in [5.41, 5.74) is 6.90. The van der Waals surface area contributed by atoms with E-state index >= 15 is 0 Å². The molecule has 1 rings (SSSR count). The number of nitrogens with two attached hydrogens (primary N) is 1. The molecule has 82 valence electrons. The molecule has 0 saturated heterocycles. The number of aromatic nitrogens is 1. The average molecular weight is 208 g/mol. The third kappa shape index (κ3) is 2.76. The fraction of sp³-hybridized carbons (Fsp3) is 0.455. The van der Waals surface area contributed by atoms with Crippen molar-refractivity contribution in [3.63, 3.8) is 0 Å². The van der Waals surface area contributed by atoms with Gasteiger partial charge in [-0.25, -0.2) is 0 Å². The average Bonchev–Trinajstić information content (AvgIpc) is 2.30. The van der Waals surface area contributed by atoms with E-state index in [0.29, 0.717) is 6.42 Å². The van der Waals surface area contributed by atoms with E-state index < -0.39 is 0 Å². The van der Waals surface area contributed by atoms with Gasteiger partial charge in [0, 0.05) is 18.4 Å². The fourth-order valence-corrected chi connectivity index (χ4v) is 1.54. The molecule has 0 bridgehead atoms. The molecule has 0 aliphatic heterocycles. The Hall–Kier alpha value is -1.42. The van der Waals surface area contributed by atoms with Crippen LogP contribution in [0.4, 0.5) is 0 Å². The van der Waals surface area contributed by atoms with Crippen LogP contribution in [0.2, 0.25) is 0 Å². The van der Waals surface area contributed by atoms with Crippen molar-refractivity contribution < 1.29 is 9.53 Å². The number of hydrogen-bond donors (Lipinski definition) is 1. The molecule has 0 fully saturated rings. The number of pyridine rings is 1. The predicted octanol–water partition coefficient (Wildman–Crippen LogP) is 1.28. The predicted molar refractivity (Wildman–Crippen MR) is 57.0 cm³/mol. The number of carbonyl (C=O) groups excluding carboxylic acids is 1. The molecule has 0 aromatic carbocycles. The number of carbonyl (C=O) groups is 1. The van der Waals surface area contributed by atoms with Gasteiger partial charge < -0.3 is 10.5 Å². The van der Waals surface area contributed by atoms with E-state index in [0.717, 1.165) is 5.56 Å². The van der Waals surface area contributed by atoms with E-state index in [1.54, 1.807) is 12.4 Å². The SMILES string of the molecule is CCC(C(=O)OC)C(N)c1ccncc1. The third-order valence-electron chi connectivity index (χ3n) is 2.47. The molecule has 15 heavy (non-hydrogen) atoms. The van der Waals surface area contributed by atoms with Gasteiger partial charge in [-0.05, 0) is 24.1 Å². The van der Waals surface area contributed by atoms with E-state index in [2.05, 4.69) is 4.98 Å². The van der Waals surface area contributed by atoms with Crippen molar-refractivity contribution in [3.8, 4) is 0 Å². The normalized spacial score (nSPS) is 14.3. The summed E-state index contributed by atoms with van der Waals surface area (Å²) in [7, 11) is 1.38. The molecule has 4 heteroatoms. The van der Waals surface area contributed by atoms with Gasteiger partial charge in [0.1, 0.15) is 0 Å². The Kier molecular flexibility index (Phi) is 4.24. The smallest absolute Gasteiger partial charge is 0.310 e. The molecule has 0 radical (unpaired) electrons. The summed E-state index contributed by atoms with van der Waals surface area (Å²) in [4.78, 5) is 15.3. The van der Waals surface area contributed by atoms with Crippen LogP contribution >= 0.6 is 0 Å². The van der Waals surface area contributed by atoms with E-state index in [-0.39, 0.29) is 17.9 Å². The zero-order valence-electron chi connectivity index (χ0n) is 9.01. The highest BCUT2D eigenvalue weighted by Crippen LogP contribution is 2.22. The summed E-state index contributed by atoms with van der Waals surface area (Å²) >= 11 is 0. The lowest BCUT2D eigenvalue weighted by molar-refractivity contribution is -0.146. The molecule has 0 amide bonds. The van der Waals surface area contributed by atoms with Crippen LogP contribution in [0.25, 0.3) is 0 Å². The number of nitrogens with zero attached hydrogens (tertiary/aromatic N) is 1. The van der Waals surface area contributed by atoms with Crippen molar-refractivity contribution in [2.45, 2.75) is 19.4 Å². The van der Waals surface area contributed by atoms with Crippen molar-refractivity contribution >= 4 is 5.97 Å². The monoisotopic (exact) mass is 208 g/mol. The highest BCUT2D eigenvalue weighted by Gasteiger charge is 2.25. The molecule has 2 atom stereocenters. The number of hydrogen-bond acceptors (Lipinski definition) is 4. The number of ether oxygens (including phenoxy) is 1. The van der Waals surface area contributed by atoms with Crippen LogP contribution in [-0.4, -0.2) is 18.1 Å². The molecule has 0 aliphatic carbocycles. The maximum absolute atomic E-state index is 11.4. The fourth-order valence-electron chi connectivity index (χ4n) is 1.54. The number of methoxy groups -OCH3 is 1. The summed E-state index contributed by atoms with van der Waals surface area (Å²) in [6, 6.07) is 3.30. The maximum atomic E-state index is 11.4. The van der Waals surface area contributed by atoms with Crippen LogP contribution in [0.15, 0.2) is 24.5 Å². The first-order valence-corrected chi connectivity index (χ1v) is 4.94. The van der Waals surface area contributed by atoms with Gasteiger partial charge in [-0.1, -0.05) is 6.92 Å². The summed E-state index contributed by atoms with van der Waals surface area (Å²) < 4.78 is 4.71. The molecule has 2 N–H and O–H groups in total. The molecule has 0 aliphatic rings. The molecule has 4 nitrogen and oxygen atoms in total. The summed E-state index contributed by atoms with van der Waals surface area (Å²) in [5.74, 6) is -0.556. The van der Waals surface area contributed by atoms with Crippen molar-refractivity contribution in [2.24, 2.45) is 11.7 Å². The van der Waals surface area contributed by atoms with E-state index in [4.69, 9.17) is 10.5 Å². The van der Waals surface area contributed by atoms with Crippen LogP contribution in [-0.2, 0) is 9.53 Å². The summed E-state index contributed by atoms with van der Waals surface area (Å²) in [5, 5.41) is 0. The van der Waals surface area contributed by atoms with Crippen LogP contribution in [0.3, 0.4) is 0 Å². The number of rotatable bonds is 4. The second-order valence-electron chi connectivity index (χ2n) is 3.34. The summed E-state index contributed by atoms with van der Waals surface area (Å²) in [6.07, 6.45) is 3.99. The minimum absolute atomic E-state index is 0.262. The first-order valence-electron chi connectivity index (χ1n) is 4.94. The Morgan fingerprint density at radius 2 is 2.13 bits per heavy atom.